The minimum atomic E-state index is -0.909. The number of carbonyl (C=O) groups is 1. The summed E-state index contributed by atoms with van der Waals surface area (Å²) in [7, 11) is 0. The van der Waals surface area contributed by atoms with Gasteiger partial charge < -0.3 is 20.3 Å². The zero-order chi connectivity index (χ0) is 23.1. The smallest absolute Gasteiger partial charge is 0.322 e. The van der Waals surface area contributed by atoms with Crippen LogP contribution < -0.4 is 10.2 Å². The van der Waals surface area contributed by atoms with Crippen LogP contribution >= 0.6 is 11.6 Å². The van der Waals surface area contributed by atoms with E-state index in [2.05, 4.69) is 25.3 Å². The van der Waals surface area contributed by atoms with E-state index in [-0.39, 0.29) is 10.6 Å². The highest BCUT2D eigenvalue weighted by atomic mass is 35.5. The van der Waals surface area contributed by atoms with Crippen molar-refractivity contribution < 1.29 is 18.7 Å². The quantitative estimate of drug-likeness (QED) is 0.392. The number of pyridine rings is 2. The Labute approximate surface area is 191 Å². The zero-order valence-electron chi connectivity index (χ0n) is 17.0. The predicted octanol–water partition coefficient (Wildman–Crippen LogP) is 3.48. The maximum atomic E-state index is 14.5. The molecule has 11 heteroatoms. The van der Waals surface area contributed by atoms with Crippen LogP contribution in [0.3, 0.4) is 0 Å². The van der Waals surface area contributed by atoms with Gasteiger partial charge in [0.25, 0.3) is 0 Å². The fourth-order valence-corrected chi connectivity index (χ4v) is 4.02. The van der Waals surface area contributed by atoms with Gasteiger partial charge in [0.15, 0.2) is 0 Å². The van der Waals surface area contributed by atoms with Crippen LogP contribution in [0.1, 0.15) is 0 Å². The molecule has 1 aliphatic heterocycles. The molecule has 4 heterocycles. The van der Waals surface area contributed by atoms with Gasteiger partial charge in [-0.2, -0.15) is 0 Å². The lowest BCUT2D eigenvalue weighted by Crippen LogP contribution is -2.54. The fourth-order valence-electron chi connectivity index (χ4n) is 3.86. The van der Waals surface area contributed by atoms with Crippen molar-refractivity contribution in [3.05, 3.63) is 59.5 Å². The number of nitrogens with zero attached hydrogens (tertiary/aromatic N) is 4. The molecule has 1 fully saturated rings. The number of piperazine rings is 1. The predicted molar refractivity (Wildman–Crippen MR) is 119 cm³/mol. The van der Waals surface area contributed by atoms with Gasteiger partial charge in [-0.1, -0.05) is 11.6 Å². The summed E-state index contributed by atoms with van der Waals surface area (Å²) in [5.41, 5.74) is 3.18. The second kappa shape index (κ2) is 8.38. The Morgan fingerprint density at radius 3 is 2.82 bits per heavy atom. The summed E-state index contributed by atoms with van der Waals surface area (Å²) in [4.78, 5) is 29.5. The Bertz CT molecular complexity index is 1380. The first-order chi connectivity index (χ1) is 15.9. The number of fused-ring (bicyclic) bond motifs is 1. The monoisotopic (exact) mass is 470 g/mol. The standard InChI is InChI=1S/C22H17ClF2N6O2/c23-13-6-12(14(24)7-15(13)25)20-21(29-10-28-20)17-2-1-16-18(30-17)5-11(8-27-16)31-4-3-26-19(9-31)22(32)33/h1-2,5-8,10,19,26H,3-4,9H2,(H,28,29)(H,32,33). The van der Waals surface area contributed by atoms with Gasteiger partial charge in [-0.25, -0.2) is 18.7 Å². The molecular formula is C22H17ClF2N6O2. The molecule has 0 radical (unpaired) electrons. The number of carboxylic acid groups (broad SMARTS) is 1. The summed E-state index contributed by atoms with van der Waals surface area (Å²) in [6, 6.07) is 6.57. The van der Waals surface area contributed by atoms with Crippen LogP contribution in [0.25, 0.3) is 33.7 Å². The summed E-state index contributed by atoms with van der Waals surface area (Å²) in [6.07, 6.45) is 3.08. The number of aromatic nitrogens is 4. The third kappa shape index (κ3) is 3.98. The van der Waals surface area contributed by atoms with E-state index >= 15 is 0 Å². The molecule has 3 aromatic heterocycles. The van der Waals surface area contributed by atoms with Crippen LogP contribution in [0.5, 0.6) is 0 Å². The molecule has 8 nitrogen and oxygen atoms in total. The molecule has 168 valence electrons. The van der Waals surface area contributed by atoms with Crippen molar-refractivity contribution in [1.82, 2.24) is 25.3 Å². The number of carboxylic acids is 1. The van der Waals surface area contributed by atoms with E-state index in [4.69, 9.17) is 11.6 Å². The number of halogens is 3. The molecule has 0 amide bonds. The van der Waals surface area contributed by atoms with E-state index in [1.54, 1.807) is 18.3 Å². The minimum Gasteiger partial charge on any atom is -0.480 e. The molecule has 1 aromatic carbocycles. The van der Waals surface area contributed by atoms with Crippen LogP contribution in [-0.4, -0.2) is 56.7 Å². The molecule has 0 bridgehead atoms. The zero-order valence-corrected chi connectivity index (χ0v) is 17.8. The van der Waals surface area contributed by atoms with Crippen molar-refractivity contribution in [3.63, 3.8) is 0 Å². The van der Waals surface area contributed by atoms with Crippen LogP contribution in [-0.2, 0) is 4.79 Å². The highest BCUT2D eigenvalue weighted by Gasteiger charge is 2.25. The number of benzene rings is 1. The summed E-state index contributed by atoms with van der Waals surface area (Å²) < 4.78 is 28.1. The second-order valence-electron chi connectivity index (χ2n) is 7.59. The van der Waals surface area contributed by atoms with Gasteiger partial charge in [0, 0.05) is 31.3 Å². The first-order valence-electron chi connectivity index (χ1n) is 10.1. The highest BCUT2D eigenvalue weighted by molar-refractivity contribution is 6.31. The maximum absolute atomic E-state index is 14.5. The van der Waals surface area contributed by atoms with Crippen molar-refractivity contribution in [1.29, 1.82) is 0 Å². The number of hydrogen-bond donors (Lipinski definition) is 3. The average molecular weight is 471 g/mol. The molecule has 1 unspecified atom stereocenters. The van der Waals surface area contributed by atoms with Gasteiger partial charge >= 0.3 is 5.97 Å². The van der Waals surface area contributed by atoms with Crippen molar-refractivity contribution in [3.8, 4) is 22.6 Å². The minimum absolute atomic E-state index is 0.0724. The number of nitrogens with one attached hydrogen (secondary N) is 2. The van der Waals surface area contributed by atoms with Gasteiger partial charge in [-0.3, -0.25) is 9.78 Å². The van der Waals surface area contributed by atoms with Crippen molar-refractivity contribution in [2.75, 3.05) is 24.5 Å². The number of hydrogen-bond acceptors (Lipinski definition) is 6. The molecular weight excluding hydrogens is 454 g/mol. The van der Waals surface area contributed by atoms with Crippen molar-refractivity contribution in [2.45, 2.75) is 6.04 Å². The van der Waals surface area contributed by atoms with Crippen LogP contribution in [0.15, 0.2) is 42.9 Å². The molecule has 1 atom stereocenters. The Morgan fingerprint density at radius 1 is 1.15 bits per heavy atom. The second-order valence-corrected chi connectivity index (χ2v) is 8.00. The van der Waals surface area contributed by atoms with E-state index in [1.807, 2.05) is 11.0 Å². The Morgan fingerprint density at radius 2 is 2.00 bits per heavy atom. The van der Waals surface area contributed by atoms with E-state index in [0.717, 1.165) is 11.8 Å². The van der Waals surface area contributed by atoms with Crippen LogP contribution in [0.4, 0.5) is 14.5 Å². The largest absolute Gasteiger partial charge is 0.480 e. The number of aliphatic carboxylic acids is 1. The lowest BCUT2D eigenvalue weighted by atomic mass is 10.1. The van der Waals surface area contributed by atoms with Gasteiger partial charge in [-0.05, 0) is 24.3 Å². The van der Waals surface area contributed by atoms with E-state index in [1.165, 1.54) is 12.4 Å². The summed E-state index contributed by atoms with van der Waals surface area (Å²) >= 11 is 5.85. The molecule has 1 saturated heterocycles. The SMILES string of the molecule is O=C(O)C1CN(c2cnc3ccc(-c4nc[nH]c4-c4cc(Cl)c(F)cc4F)nc3c2)CCN1. The molecule has 4 aromatic rings. The molecule has 0 spiro atoms. The maximum Gasteiger partial charge on any atom is 0.322 e. The van der Waals surface area contributed by atoms with Gasteiger partial charge in [0.1, 0.15) is 23.4 Å². The Hall–Kier alpha value is -3.63. The van der Waals surface area contributed by atoms with Crippen molar-refractivity contribution in [2.24, 2.45) is 0 Å². The topological polar surface area (TPSA) is 107 Å². The number of imidazole rings is 1. The third-order valence-electron chi connectivity index (χ3n) is 5.52. The third-order valence-corrected chi connectivity index (χ3v) is 5.81. The molecule has 0 aliphatic carbocycles. The first-order valence-corrected chi connectivity index (χ1v) is 10.4. The van der Waals surface area contributed by atoms with Crippen LogP contribution in [0.2, 0.25) is 5.02 Å². The van der Waals surface area contributed by atoms with Crippen LogP contribution in [0, 0.1) is 11.6 Å². The van der Waals surface area contributed by atoms with Gasteiger partial charge in [0.2, 0.25) is 0 Å². The lowest BCUT2D eigenvalue weighted by molar-refractivity contribution is -0.139. The molecule has 1 aliphatic rings. The number of aromatic amines is 1. The first kappa shape index (κ1) is 21.2. The van der Waals surface area contributed by atoms with Crippen molar-refractivity contribution >= 4 is 34.3 Å². The van der Waals surface area contributed by atoms with E-state index in [9.17, 15) is 18.7 Å². The highest BCUT2D eigenvalue weighted by Crippen LogP contribution is 2.33. The Kier molecular flexibility index (Phi) is 5.39. The molecule has 0 saturated carbocycles. The summed E-state index contributed by atoms with van der Waals surface area (Å²) in [5.74, 6) is -2.54. The normalized spacial score (nSPS) is 16.3. The number of anilines is 1. The van der Waals surface area contributed by atoms with Gasteiger partial charge in [0.05, 0.1) is 45.7 Å². The fraction of sp³-hybridized carbons (Fsp3) is 0.182. The average Bonchev–Trinajstić information content (AvgIpc) is 3.30. The molecule has 3 N–H and O–H groups in total. The summed E-state index contributed by atoms with van der Waals surface area (Å²) in [6.45, 7) is 1.46. The van der Waals surface area contributed by atoms with E-state index in [0.29, 0.717) is 47.7 Å². The molecule has 5 rings (SSSR count). The summed E-state index contributed by atoms with van der Waals surface area (Å²) in [5, 5.41) is 12.1. The Balaban J connectivity index is 1.53. The lowest BCUT2D eigenvalue weighted by Gasteiger charge is -2.33. The number of rotatable bonds is 4. The van der Waals surface area contributed by atoms with E-state index < -0.39 is 23.6 Å². The number of H-pyrrole nitrogens is 1. The molecule has 33 heavy (non-hydrogen) atoms. The van der Waals surface area contributed by atoms with Gasteiger partial charge in [-0.15, -0.1) is 0 Å².